The number of rotatable bonds is 2. The SMILES string of the molecule is Cc1nnc(Sc2ccc(C#N)cn2)o1. The molecule has 0 aromatic carbocycles. The molecule has 0 unspecified atom stereocenters. The Morgan fingerprint density at radius 2 is 2.27 bits per heavy atom. The highest BCUT2D eigenvalue weighted by molar-refractivity contribution is 7.99. The van der Waals surface area contributed by atoms with Crippen molar-refractivity contribution in [2.24, 2.45) is 0 Å². The fraction of sp³-hybridized carbons (Fsp3) is 0.111. The lowest BCUT2D eigenvalue weighted by Crippen LogP contribution is -1.81. The summed E-state index contributed by atoms with van der Waals surface area (Å²) in [6, 6.07) is 5.43. The van der Waals surface area contributed by atoms with Gasteiger partial charge in [-0.05, 0) is 23.9 Å². The first-order chi connectivity index (χ1) is 7.28. The topological polar surface area (TPSA) is 75.6 Å². The first-order valence-corrected chi connectivity index (χ1v) is 4.93. The molecule has 5 nitrogen and oxygen atoms in total. The van der Waals surface area contributed by atoms with Gasteiger partial charge in [0.1, 0.15) is 11.1 Å². The minimum atomic E-state index is 0.449. The molecular weight excluding hydrogens is 212 g/mol. The van der Waals surface area contributed by atoms with Gasteiger partial charge in [0.05, 0.1) is 5.56 Å². The average molecular weight is 218 g/mol. The van der Waals surface area contributed by atoms with Gasteiger partial charge in [-0.15, -0.1) is 10.2 Å². The quantitative estimate of drug-likeness (QED) is 0.765. The standard InChI is InChI=1S/C9H6N4OS/c1-6-12-13-9(14-6)15-8-3-2-7(4-10)5-11-8/h2-3,5H,1H3. The van der Waals surface area contributed by atoms with Gasteiger partial charge in [0.25, 0.3) is 5.22 Å². The zero-order valence-corrected chi connectivity index (χ0v) is 8.65. The van der Waals surface area contributed by atoms with Crippen LogP contribution in [0.1, 0.15) is 11.5 Å². The average Bonchev–Trinajstić information content (AvgIpc) is 2.65. The lowest BCUT2D eigenvalue weighted by atomic mass is 10.3. The van der Waals surface area contributed by atoms with Crippen LogP contribution < -0.4 is 0 Å². The molecule has 0 atom stereocenters. The summed E-state index contributed by atoms with van der Waals surface area (Å²) in [6.45, 7) is 1.73. The van der Waals surface area contributed by atoms with E-state index in [-0.39, 0.29) is 0 Å². The maximum atomic E-state index is 8.58. The fourth-order valence-electron chi connectivity index (χ4n) is 0.916. The second-order valence-corrected chi connectivity index (χ2v) is 3.66. The molecular formula is C9H6N4OS. The normalized spacial score (nSPS) is 9.87. The fourth-order valence-corrected chi connectivity index (χ4v) is 1.58. The molecule has 2 rings (SSSR count). The van der Waals surface area contributed by atoms with Crippen LogP contribution in [0.3, 0.4) is 0 Å². The van der Waals surface area contributed by atoms with Crippen molar-refractivity contribution in [2.45, 2.75) is 17.2 Å². The Morgan fingerprint density at radius 1 is 1.40 bits per heavy atom. The van der Waals surface area contributed by atoms with E-state index < -0.39 is 0 Å². The van der Waals surface area contributed by atoms with E-state index in [0.717, 1.165) is 5.03 Å². The number of hydrogen-bond acceptors (Lipinski definition) is 6. The summed E-state index contributed by atoms with van der Waals surface area (Å²) in [6.07, 6.45) is 1.51. The highest BCUT2D eigenvalue weighted by atomic mass is 32.2. The number of nitrogens with zero attached hydrogens (tertiary/aromatic N) is 4. The van der Waals surface area contributed by atoms with Gasteiger partial charge in [-0.3, -0.25) is 0 Å². The van der Waals surface area contributed by atoms with E-state index in [0.29, 0.717) is 16.7 Å². The van der Waals surface area contributed by atoms with Gasteiger partial charge in [0, 0.05) is 13.1 Å². The summed E-state index contributed by atoms with van der Waals surface area (Å²) in [5.41, 5.74) is 0.529. The van der Waals surface area contributed by atoms with Crippen LogP contribution in [0, 0.1) is 18.3 Å². The Morgan fingerprint density at radius 3 is 2.80 bits per heavy atom. The van der Waals surface area contributed by atoms with Crippen LogP contribution in [0.4, 0.5) is 0 Å². The predicted octanol–water partition coefficient (Wildman–Crippen LogP) is 1.80. The molecule has 0 bridgehead atoms. The third-order valence-electron chi connectivity index (χ3n) is 1.56. The second kappa shape index (κ2) is 4.11. The van der Waals surface area contributed by atoms with Gasteiger partial charge in [0.2, 0.25) is 5.89 Å². The first kappa shape index (κ1) is 9.68. The highest BCUT2D eigenvalue weighted by Crippen LogP contribution is 2.24. The number of hydrogen-bond donors (Lipinski definition) is 0. The molecule has 15 heavy (non-hydrogen) atoms. The molecule has 0 saturated carbocycles. The molecule has 0 amide bonds. The monoisotopic (exact) mass is 218 g/mol. The molecule has 0 aliphatic heterocycles. The Balaban J connectivity index is 2.15. The number of aromatic nitrogens is 3. The van der Waals surface area contributed by atoms with Gasteiger partial charge in [-0.1, -0.05) is 0 Å². The summed E-state index contributed by atoms with van der Waals surface area (Å²) in [4.78, 5) is 4.07. The summed E-state index contributed by atoms with van der Waals surface area (Å²) >= 11 is 1.27. The van der Waals surface area contributed by atoms with Crippen LogP contribution >= 0.6 is 11.8 Å². The van der Waals surface area contributed by atoms with Crippen LogP contribution in [0.15, 0.2) is 33.0 Å². The number of aryl methyl sites for hydroxylation is 1. The molecule has 2 aromatic rings. The van der Waals surface area contributed by atoms with Crippen LogP contribution in [0.25, 0.3) is 0 Å². The van der Waals surface area contributed by atoms with Crippen molar-refractivity contribution in [3.8, 4) is 6.07 Å². The van der Waals surface area contributed by atoms with Gasteiger partial charge in [0.15, 0.2) is 0 Å². The Kier molecular flexibility index (Phi) is 2.65. The number of pyridine rings is 1. The van der Waals surface area contributed by atoms with Crippen LogP contribution in [-0.4, -0.2) is 15.2 Å². The molecule has 6 heteroatoms. The van der Waals surface area contributed by atoms with E-state index in [2.05, 4.69) is 15.2 Å². The van der Waals surface area contributed by atoms with E-state index in [9.17, 15) is 0 Å². The van der Waals surface area contributed by atoms with E-state index in [1.807, 2.05) is 6.07 Å². The molecule has 0 radical (unpaired) electrons. The first-order valence-electron chi connectivity index (χ1n) is 4.12. The molecule has 0 N–H and O–H groups in total. The zero-order chi connectivity index (χ0) is 10.7. The lowest BCUT2D eigenvalue weighted by Gasteiger charge is -1.94. The van der Waals surface area contributed by atoms with Crippen molar-refractivity contribution in [1.29, 1.82) is 5.26 Å². The Hall–Kier alpha value is -1.87. The zero-order valence-electron chi connectivity index (χ0n) is 7.84. The molecule has 0 aliphatic carbocycles. The van der Waals surface area contributed by atoms with E-state index in [4.69, 9.17) is 9.68 Å². The van der Waals surface area contributed by atoms with Gasteiger partial charge in [-0.2, -0.15) is 5.26 Å². The minimum absolute atomic E-state index is 0.449. The summed E-state index contributed by atoms with van der Waals surface area (Å²) in [5, 5.41) is 17.3. The van der Waals surface area contributed by atoms with Crippen LogP contribution in [0.5, 0.6) is 0 Å². The third-order valence-corrected chi connectivity index (χ3v) is 2.36. The summed E-state index contributed by atoms with van der Waals surface area (Å²) in [7, 11) is 0. The molecule has 2 aromatic heterocycles. The summed E-state index contributed by atoms with van der Waals surface area (Å²) in [5.74, 6) is 0.520. The van der Waals surface area contributed by atoms with Crippen molar-refractivity contribution in [3.05, 3.63) is 29.8 Å². The lowest BCUT2D eigenvalue weighted by molar-refractivity contribution is 0.429. The van der Waals surface area contributed by atoms with Crippen molar-refractivity contribution < 1.29 is 4.42 Å². The Labute approximate surface area is 90.2 Å². The van der Waals surface area contributed by atoms with Gasteiger partial charge >= 0.3 is 0 Å². The van der Waals surface area contributed by atoms with Gasteiger partial charge in [-0.25, -0.2) is 4.98 Å². The van der Waals surface area contributed by atoms with Crippen LogP contribution in [-0.2, 0) is 0 Å². The van der Waals surface area contributed by atoms with Crippen molar-refractivity contribution in [3.63, 3.8) is 0 Å². The highest BCUT2D eigenvalue weighted by Gasteiger charge is 2.05. The molecule has 0 spiro atoms. The van der Waals surface area contributed by atoms with Gasteiger partial charge < -0.3 is 4.42 Å². The minimum Gasteiger partial charge on any atom is -0.416 e. The smallest absolute Gasteiger partial charge is 0.282 e. The van der Waals surface area contributed by atoms with Crippen molar-refractivity contribution in [1.82, 2.24) is 15.2 Å². The van der Waals surface area contributed by atoms with Crippen molar-refractivity contribution in [2.75, 3.05) is 0 Å². The number of nitriles is 1. The molecule has 0 aliphatic rings. The molecule has 2 heterocycles. The largest absolute Gasteiger partial charge is 0.416 e. The maximum absolute atomic E-state index is 8.58. The molecule has 0 fully saturated rings. The third kappa shape index (κ3) is 2.33. The maximum Gasteiger partial charge on any atom is 0.282 e. The molecule has 74 valence electrons. The second-order valence-electron chi connectivity index (χ2n) is 2.69. The molecule has 0 saturated heterocycles. The van der Waals surface area contributed by atoms with E-state index in [1.54, 1.807) is 19.1 Å². The van der Waals surface area contributed by atoms with Crippen molar-refractivity contribution >= 4 is 11.8 Å². The Bertz CT molecular complexity index is 500. The van der Waals surface area contributed by atoms with Crippen LogP contribution in [0.2, 0.25) is 0 Å². The summed E-state index contributed by atoms with van der Waals surface area (Å²) < 4.78 is 5.18. The van der Waals surface area contributed by atoms with E-state index >= 15 is 0 Å². The predicted molar refractivity (Wildman–Crippen MR) is 52.1 cm³/mol. The van der Waals surface area contributed by atoms with E-state index in [1.165, 1.54) is 18.0 Å².